The minimum atomic E-state index is -1.06. The molecule has 0 bridgehead atoms. The molecule has 1 aliphatic heterocycles. The van der Waals surface area contributed by atoms with E-state index < -0.39 is 17.5 Å². The van der Waals surface area contributed by atoms with Crippen molar-refractivity contribution in [2.45, 2.75) is 24.8 Å². The number of amides is 4. The highest BCUT2D eigenvalue weighted by atomic mass is 16.2. The van der Waals surface area contributed by atoms with Crippen molar-refractivity contribution < 1.29 is 14.4 Å². The molecule has 0 radical (unpaired) electrons. The van der Waals surface area contributed by atoms with Gasteiger partial charge in [-0.15, -0.1) is 0 Å². The number of nitrogens with one attached hydrogen (secondary N) is 2. The third-order valence-electron chi connectivity index (χ3n) is 6.25. The lowest BCUT2D eigenvalue weighted by molar-refractivity contribution is -0.134. The monoisotopic (exact) mass is 425 g/mol. The molecular formula is C26H23N3O3. The maximum Gasteiger partial charge on any atom is 0.325 e. The Balaban J connectivity index is 1.32. The number of carbonyl (C=O) groups is 3. The van der Waals surface area contributed by atoms with Crippen LogP contribution in [-0.4, -0.2) is 29.3 Å². The maximum atomic E-state index is 13.3. The van der Waals surface area contributed by atoms with Gasteiger partial charge in [0.15, 0.2) is 0 Å². The Kier molecular flexibility index (Phi) is 4.98. The van der Waals surface area contributed by atoms with Crippen LogP contribution in [-0.2, 0) is 28.0 Å². The first-order valence-corrected chi connectivity index (χ1v) is 10.7. The fourth-order valence-corrected chi connectivity index (χ4v) is 4.68. The van der Waals surface area contributed by atoms with Crippen LogP contribution in [0.15, 0.2) is 78.9 Å². The second kappa shape index (κ2) is 7.96. The average molecular weight is 425 g/mol. The van der Waals surface area contributed by atoms with Gasteiger partial charge in [-0.05, 0) is 47.6 Å². The van der Waals surface area contributed by atoms with Gasteiger partial charge < -0.3 is 10.6 Å². The molecule has 1 spiro atoms. The van der Waals surface area contributed by atoms with Crippen LogP contribution in [0.25, 0.3) is 0 Å². The predicted octanol–water partition coefficient (Wildman–Crippen LogP) is 3.61. The number of imide groups is 1. The number of aryl methyl sites for hydroxylation is 1. The Bertz CT molecular complexity index is 1210. The van der Waals surface area contributed by atoms with Gasteiger partial charge in [-0.3, -0.25) is 14.5 Å². The van der Waals surface area contributed by atoms with Crippen molar-refractivity contribution in [1.82, 2.24) is 10.2 Å². The summed E-state index contributed by atoms with van der Waals surface area (Å²) < 4.78 is 0. The molecule has 0 saturated carbocycles. The van der Waals surface area contributed by atoms with E-state index in [0.29, 0.717) is 18.5 Å². The highest BCUT2D eigenvalue weighted by molar-refractivity contribution is 6.11. The second-order valence-electron chi connectivity index (χ2n) is 8.25. The van der Waals surface area contributed by atoms with Crippen molar-refractivity contribution in [3.63, 3.8) is 0 Å². The van der Waals surface area contributed by atoms with Gasteiger partial charge in [0.05, 0.1) is 0 Å². The molecule has 32 heavy (non-hydrogen) atoms. The molecule has 1 fully saturated rings. The molecule has 1 aliphatic carbocycles. The van der Waals surface area contributed by atoms with E-state index in [0.717, 1.165) is 33.6 Å². The largest absolute Gasteiger partial charge is 0.325 e. The summed E-state index contributed by atoms with van der Waals surface area (Å²) in [7, 11) is 0. The quantitative estimate of drug-likeness (QED) is 0.613. The number of hydrogen-bond acceptors (Lipinski definition) is 3. The fourth-order valence-electron chi connectivity index (χ4n) is 4.68. The minimum absolute atomic E-state index is 0.325. The van der Waals surface area contributed by atoms with E-state index in [4.69, 9.17) is 0 Å². The molecule has 1 saturated heterocycles. The Labute approximate surface area is 186 Å². The lowest BCUT2D eigenvalue weighted by atomic mass is 9.92. The molecule has 2 aliphatic rings. The van der Waals surface area contributed by atoms with E-state index in [1.54, 1.807) is 0 Å². The van der Waals surface area contributed by atoms with Gasteiger partial charge in [-0.25, -0.2) is 4.79 Å². The van der Waals surface area contributed by atoms with E-state index in [1.165, 1.54) is 0 Å². The Morgan fingerprint density at radius 1 is 0.938 bits per heavy atom. The third-order valence-corrected chi connectivity index (χ3v) is 6.25. The van der Waals surface area contributed by atoms with Crippen molar-refractivity contribution in [3.05, 3.63) is 101 Å². The highest BCUT2D eigenvalue weighted by Gasteiger charge is 2.55. The van der Waals surface area contributed by atoms with Crippen LogP contribution in [0.4, 0.5) is 10.5 Å². The van der Waals surface area contributed by atoms with Crippen molar-refractivity contribution in [1.29, 1.82) is 0 Å². The standard InChI is InChI=1S/C26H23N3O3/c30-23(27-22-13-7-5-11-20(22)16-18-8-2-1-3-9-18)17-29-24(31)26(28-25(29)32)15-14-19-10-4-6-12-21(19)26/h1-13H,14-17H2,(H,27,30)(H,28,32). The van der Waals surface area contributed by atoms with Crippen LogP contribution in [0, 0.1) is 0 Å². The molecular weight excluding hydrogens is 402 g/mol. The van der Waals surface area contributed by atoms with E-state index >= 15 is 0 Å². The summed E-state index contributed by atoms with van der Waals surface area (Å²) >= 11 is 0. The number of urea groups is 1. The lowest BCUT2D eigenvalue weighted by Crippen LogP contribution is -2.43. The molecule has 1 atom stereocenters. The first-order valence-electron chi connectivity index (χ1n) is 10.7. The SMILES string of the molecule is O=C(CN1C(=O)NC2(CCc3ccccc32)C1=O)Nc1ccccc1Cc1ccccc1. The number of rotatable bonds is 5. The van der Waals surface area contributed by atoms with Gasteiger partial charge in [0.25, 0.3) is 5.91 Å². The average Bonchev–Trinajstić information content (AvgIpc) is 3.29. The Morgan fingerprint density at radius 3 is 2.50 bits per heavy atom. The number of nitrogens with zero attached hydrogens (tertiary/aromatic N) is 1. The van der Waals surface area contributed by atoms with Crippen LogP contribution in [0.3, 0.4) is 0 Å². The highest BCUT2D eigenvalue weighted by Crippen LogP contribution is 2.41. The van der Waals surface area contributed by atoms with Gasteiger partial charge in [0.1, 0.15) is 12.1 Å². The predicted molar refractivity (Wildman–Crippen MR) is 121 cm³/mol. The number of hydrogen-bond donors (Lipinski definition) is 2. The molecule has 2 N–H and O–H groups in total. The zero-order chi connectivity index (χ0) is 22.1. The molecule has 6 nitrogen and oxygen atoms in total. The first kappa shape index (κ1) is 20.0. The molecule has 5 rings (SSSR count). The summed E-state index contributed by atoms with van der Waals surface area (Å²) in [6, 6.07) is 24.7. The summed E-state index contributed by atoms with van der Waals surface area (Å²) in [6.07, 6.45) is 1.89. The van der Waals surface area contributed by atoms with Crippen LogP contribution in [0.5, 0.6) is 0 Å². The van der Waals surface area contributed by atoms with Crippen LogP contribution in [0.1, 0.15) is 28.7 Å². The molecule has 1 heterocycles. The molecule has 160 valence electrons. The molecule has 3 aromatic carbocycles. The van der Waals surface area contributed by atoms with Crippen molar-refractivity contribution in [3.8, 4) is 0 Å². The molecule has 0 aromatic heterocycles. The van der Waals surface area contributed by atoms with E-state index in [1.807, 2.05) is 78.9 Å². The summed E-state index contributed by atoms with van der Waals surface area (Å²) in [4.78, 5) is 39.8. The lowest BCUT2D eigenvalue weighted by Gasteiger charge is -2.22. The van der Waals surface area contributed by atoms with Gasteiger partial charge in [-0.2, -0.15) is 0 Å². The van der Waals surface area contributed by atoms with Gasteiger partial charge in [0, 0.05) is 5.69 Å². The Hall–Kier alpha value is -3.93. The summed E-state index contributed by atoms with van der Waals surface area (Å²) in [5.41, 5.74) is 3.60. The fraction of sp³-hybridized carbons (Fsp3) is 0.192. The zero-order valence-corrected chi connectivity index (χ0v) is 17.5. The minimum Gasteiger partial charge on any atom is -0.324 e. The van der Waals surface area contributed by atoms with Crippen molar-refractivity contribution in [2.75, 3.05) is 11.9 Å². The van der Waals surface area contributed by atoms with E-state index in [2.05, 4.69) is 10.6 Å². The molecule has 6 heteroatoms. The van der Waals surface area contributed by atoms with Gasteiger partial charge >= 0.3 is 6.03 Å². The van der Waals surface area contributed by atoms with Crippen LogP contribution >= 0.6 is 0 Å². The van der Waals surface area contributed by atoms with Gasteiger partial charge in [0.2, 0.25) is 5.91 Å². The normalized spacial score (nSPS) is 19.2. The van der Waals surface area contributed by atoms with Gasteiger partial charge in [-0.1, -0.05) is 72.8 Å². The number of para-hydroxylation sites is 1. The first-order chi connectivity index (χ1) is 15.6. The van der Waals surface area contributed by atoms with Crippen LogP contribution in [0.2, 0.25) is 0 Å². The van der Waals surface area contributed by atoms with Crippen molar-refractivity contribution >= 4 is 23.5 Å². The number of fused-ring (bicyclic) bond motifs is 2. The topological polar surface area (TPSA) is 78.5 Å². The third kappa shape index (κ3) is 3.43. The molecule has 4 amide bonds. The van der Waals surface area contributed by atoms with E-state index in [9.17, 15) is 14.4 Å². The number of carbonyl (C=O) groups excluding carboxylic acids is 3. The van der Waals surface area contributed by atoms with Crippen molar-refractivity contribution in [2.24, 2.45) is 0 Å². The van der Waals surface area contributed by atoms with Crippen LogP contribution < -0.4 is 10.6 Å². The summed E-state index contributed by atoms with van der Waals surface area (Å²) in [5, 5.41) is 5.74. The summed E-state index contributed by atoms with van der Waals surface area (Å²) in [6.45, 7) is -0.325. The zero-order valence-electron chi connectivity index (χ0n) is 17.5. The number of anilines is 1. The Morgan fingerprint density at radius 2 is 1.66 bits per heavy atom. The summed E-state index contributed by atoms with van der Waals surface area (Å²) in [5.74, 6) is -0.766. The second-order valence-corrected chi connectivity index (χ2v) is 8.25. The maximum absolute atomic E-state index is 13.3. The number of benzene rings is 3. The molecule has 3 aromatic rings. The molecule has 1 unspecified atom stereocenters. The van der Waals surface area contributed by atoms with E-state index in [-0.39, 0.29) is 12.5 Å². The smallest absolute Gasteiger partial charge is 0.324 e.